The van der Waals surface area contributed by atoms with Crippen molar-refractivity contribution in [2.24, 2.45) is 5.84 Å². The summed E-state index contributed by atoms with van der Waals surface area (Å²) in [5.74, 6) is 9.54. The maximum absolute atomic E-state index is 5.68. The molecule has 0 aliphatic carbocycles. The Kier molecular flexibility index (Phi) is 6.92. The third-order valence-electron chi connectivity index (χ3n) is 4.72. The van der Waals surface area contributed by atoms with Gasteiger partial charge in [-0.25, -0.2) is 15.8 Å². The molecule has 28 heavy (non-hydrogen) atoms. The number of nitrogens with zero attached hydrogens (tertiary/aromatic N) is 3. The smallest absolute Gasteiger partial charge is 0.353 e. The second-order valence-electron chi connectivity index (χ2n) is 6.75. The van der Waals surface area contributed by atoms with Gasteiger partial charge in [0.15, 0.2) is 0 Å². The van der Waals surface area contributed by atoms with Crippen LogP contribution in [0.5, 0.6) is 0 Å². The molecule has 0 amide bonds. The average Bonchev–Trinajstić information content (AvgIpc) is 2.74. The van der Waals surface area contributed by atoms with E-state index in [4.69, 9.17) is 12.3 Å². The molecule has 1 saturated heterocycles. The van der Waals surface area contributed by atoms with Crippen molar-refractivity contribution in [2.45, 2.75) is 19.0 Å². The number of benzene rings is 1. The van der Waals surface area contributed by atoms with E-state index < -0.39 is 0 Å². The first-order valence-electron chi connectivity index (χ1n) is 9.41. The summed E-state index contributed by atoms with van der Waals surface area (Å²) in [5, 5.41) is 9.09. The maximum Gasteiger partial charge on any atom is 0.360 e. The quantitative estimate of drug-likeness (QED) is 0.124. The van der Waals surface area contributed by atoms with Gasteiger partial charge in [0.2, 0.25) is 5.95 Å². The largest absolute Gasteiger partial charge is 0.360 e. The number of quaternary nitrogens is 1. The number of anilines is 1. The number of hydrogen-bond donors (Lipinski definition) is 5. The van der Waals surface area contributed by atoms with Crippen LogP contribution in [0.25, 0.3) is 11.3 Å². The topological polar surface area (TPSA) is 121 Å². The third kappa shape index (κ3) is 5.27. The van der Waals surface area contributed by atoms with Crippen LogP contribution in [0, 0.1) is 12.3 Å². The molecule has 1 aliphatic rings. The minimum absolute atomic E-state index is 0.130. The van der Waals surface area contributed by atoms with Crippen molar-refractivity contribution in [1.82, 2.24) is 20.2 Å². The SMILES string of the molecule is C#C[C@H]1CNCCN1Cc1cccc(-c2ccnc(NCC/C([NH3+])=[NH+]/N)n2)c1. The number of hydrazone groups is 1. The fourth-order valence-electron chi connectivity index (χ4n) is 3.17. The van der Waals surface area contributed by atoms with Crippen molar-refractivity contribution in [3.05, 3.63) is 42.1 Å². The highest BCUT2D eigenvalue weighted by Crippen LogP contribution is 2.20. The zero-order valence-electron chi connectivity index (χ0n) is 16.0. The summed E-state index contributed by atoms with van der Waals surface area (Å²) in [5.41, 5.74) is 6.96. The molecule has 8 heteroatoms. The summed E-state index contributed by atoms with van der Waals surface area (Å²) in [4.78, 5) is 11.2. The Morgan fingerprint density at radius 1 is 1.46 bits per heavy atom. The first-order chi connectivity index (χ1) is 13.7. The summed E-state index contributed by atoms with van der Waals surface area (Å²) >= 11 is 0. The Balaban J connectivity index is 1.69. The molecule has 146 valence electrons. The monoisotopic (exact) mass is 380 g/mol. The summed E-state index contributed by atoms with van der Waals surface area (Å²) < 4.78 is 0. The van der Waals surface area contributed by atoms with Crippen LogP contribution < -0.4 is 27.3 Å². The number of nitrogens with one attached hydrogen (secondary N) is 3. The van der Waals surface area contributed by atoms with Gasteiger partial charge in [0, 0.05) is 44.5 Å². The van der Waals surface area contributed by atoms with Crippen molar-refractivity contribution in [3.63, 3.8) is 0 Å². The summed E-state index contributed by atoms with van der Waals surface area (Å²) in [6.45, 7) is 4.23. The van der Waals surface area contributed by atoms with E-state index in [9.17, 15) is 0 Å². The minimum Gasteiger partial charge on any atom is -0.353 e. The van der Waals surface area contributed by atoms with Gasteiger partial charge in [0.05, 0.1) is 11.7 Å². The van der Waals surface area contributed by atoms with E-state index in [2.05, 4.69) is 66.5 Å². The Hall–Kier alpha value is -2.99. The second-order valence-corrected chi connectivity index (χ2v) is 6.75. The number of hydrazine groups is 1. The molecule has 2 heterocycles. The summed E-state index contributed by atoms with van der Waals surface area (Å²) in [7, 11) is 0. The highest BCUT2D eigenvalue weighted by molar-refractivity contribution is 5.65. The van der Waals surface area contributed by atoms with E-state index in [1.54, 1.807) is 6.20 Å². The van der Waals surface area contributed by atoms with Crippen molar-refractivity contribution < 1.29 is 10.8 Å². The fraction of sp³-hybridized carbons (Fsp3) is 0.350. The molecule has 8 nitrogen and oxygen atoms in total. The average molecular weight is 381 g/mol. The van der Waals surface area contributed by atoms with Gasteiger partial charge in [-0.3, -0.25) is 10.6 Å². The van der Waals surface area contributed by atoms with Crippen LogP contribution in [0.3, 0.4) is 0 Å². The van der Waals surface area contributed by atoms with Crippen molar-refractivity contribution in [1.29, 1.82) is 0 Å². The van der Waals surface area contributed by atoms with E-state index in [0.717, 1.165) is 43.3 Å². The van der Waals surface area contributed by atoms with Crippen LogP contribution in [0.1, 0.15) is 12.0 Å². The van der Waals surface area contributed by atoms with Crippen LogP contribution in [0.2, 0.25) is 0 Å². The van der Waals surface area contributed by atoms with Gasteiger partial charge in [0.25, 0.3) is 0 Å². The number of terminal acetylenes is 1. The standard InChI is InChI=1S/C20H26N8/c1-2-17-13-23-10-11-28(17)14-15-4-3-5-16(12-15)18-6-8-24-20(26-18)25-9-7-19(21)27-22/h1,3-6,8,12,17,23H,7,9-11,13-14,22H2,(H2,21,27)(H,24,25,26)/p+2/t17-/m0/s1. The molecule has 0 radical (unpaired) electrons. The fourth-order valence-corrected chi connectivity index (χ4v) is 3.17. The lowest BCUT2D eigenvalue weighted by molar-refractivity contribution is -0.515. The molecule has 1 aromatic carbocycles. The Bertz CT molecular complexity index is 857. The lowest BCUT2D eigenvalue weighted by atomic mass is 10.1. The lowest BCUT2D eigenvalue weighted by Gasteiger charge is -2.33. The molecule has 0 spiro atoms. The molecule has 2 aromatic rings. The van der Waals surface area contributed by atoms with Gasteiger partial charge in [-0.05, 0) is 17.7 Å². The first-order valence-corrected chi connectivity index (χ1v) is 9.41. The predicted molar refractivity (Wildman–Crippen MR) is 110 cm³/mol. The van der Waals surface area contributed by atoms with Crippen LogP contribution in [0.15, 0.2) is 36.5 Å². The molecule has 1 fully saturated rings. The number of aromatic nitrogens is 2. The van der Waals surface area contributed by atoms with Crippen molar-refractivity contribution in [3.8, 4) is 23.6 Å². The van der Waals surface area contributed by atoms with Gasteiger partial charge in [-0.1, -0.05) is 29.2 Å². The minimum atomic E-state index is 0.130. The van der Waals surface area contributed by atoms with E-state index in [1.165, 1.54) is 5.56 Å². The normalized spacial score (nSPS) is 17.9. The van der Waals surface area contributed by atoms with Crippen LogP contribution >= 0.6 is 0 Å². The molecular formula is C20H28N8+2. The van der Waals surface area contributed by atoms with Gasteiger partial charge in [-0.15, -0.1) is 6.42 Å². The number of rotatable bonds is 7. The lowest BCUT2D eigenvalue weighted by Crippen LogP contribution is -2.90. The summed E-state index contributed by atoms with van der Waals surface area (Å²) in [6.07, 6.45) is 8.14. The first kappa shape index (κ1) is 19.8. The van der Waals surface area contributed by atoms with E-state index in [-0.39, 0.29) is 6.04 Å². The highest BCUT2D eigenvalue weighted by Gasteiger charge is 2.20. The Morgan fingerprint density at radius 3 is 3.18 bits per heavy atom. The van der Waals surface area contributed by atoms with Crippen molar-refractivity contribution in [2.75, 3.05) is 31.5 Å². The zero-order chi connectivity index (χ0) is 19.8. The van der Waals surface area contributed by atoms with Gasteiger partial charge in [0.1, 0.15) is 6.42 Å². The third-order valence-corrected chi connectivity index (χ3v) is 4.72. The number of piperazine rings is 1. The molecule has 3 rings (SSSR count). The highest BCUT2D eigenvalue weighted by atomic mass is 15.2. The molecule has 0 bridgehead atoms. The van der Waals surface area contributed by atoms with Crippen LogP contribution in [0.4, 0.5) is 5.95 Å². The molecule has 0 unspecified atom stereocenters. The molecule has 0 saturated carbocycles. The van der Waals surface area contributed by atoms with Crippen molar-refractivity contribution >= 4 is 11.8 Å². The number of nitrogens with two attached hydrogens (primary N) is 1. The molecule has 1 aromatic heterocycles. The van der Waals surface area contributed by atoms with Gasteiger partial charge >= 0.3 is 5.84 Å². The van der Waals surface area contributed by atoms with Gasteiger partial charge < -0.3 is 10.6 Å². The Morgan fingerprint density at radius 2 is 2.36 bits per heavy atom. The van der Waals surface area contributed by atoms with Crippen LogP contribution in [-0.4, -0.2) is 52.9 Å². The zero-order valence-corrected chi connectivity index (χ0v) is 16.0. The number of hydrogen-bond acceptors (Lipinski definition) is 6. The van der Waals surface area contributed by atoms with Gasteiger partial charge in [-0.2, -0.15) is 0 Å². The molecule has 1 aliphatic heterocycles. The second kappa shape index (κ2) is 9.80. The maximum atomic E-state index is 5.68. The molecular weight excluding hydrogens is 352 g/mol. The predicted octanol–water partition coefficient (Wildman–Crippen LogP) is -2.05. The van der Waals surface area contributed by atoms with Crippen LogP contribution in [-0.2, 0) is 6.54 Å². The van der Waals surface area contributed by atoms with E-state index in [0.29, 0.717) is 18.9 Å². The van der Waals surface area contributed by atoms with E-state index in [1.807, 2.05) is 6.07 Å². The summed E-state index contributed by atoms with van der Waals surface area (Å²) in [6, 6.07) is 10.5. The molecule has 1 atom stereocenters. The number of amidine groups is 1. The van der Waals surface area contributed by atoms with E-state index >= 15 is 0 Å². The Labute approximate surface area is 165 Å². The molecule has 8 N–H and O–H groups in total.